The minimum absolute atomic E-state index is 0.0291. The zero-order valence-electron chi connectivity index (χ0n) is 31.4. The van der Waals surface area contributed by atoms with E-state index in [1.54, 1.807) is 0 Å². The molecule has 0 saturated heterocycles. The second-order valence-corrected chi connectivity index (χ2v) is 15.6. The molecule has 0 aromatic heterocycles. The highest BCUT2D eigenvalue weighted by molar-refractivity contribution is 5.53. The van der Waals surface area contributed by atoms with Crippen molar-refractivity contribution in [1.82, 2.24) is 0 Å². The molecule has 5 atom stereocenters. The van der Waals surface area contributed by atoms with E-state index in [0.717, 1.165) is 90.7 Å². The van der Waals surface area contributed by atoms with E-state index in [0.29, 0.717) is 42.5 Å². The Labute approximate surface area is 293 Å². The lowest BCUT2D eigenvalue weighted by molar-refractivity contribution is 0.182. The van der Waals surface area contributed by atoms with E-state index in [2.05, 4.69) is 73.3 Å². The number of phenols is 2. The summed E-state index contributed by atoms with van der Waals surface area (Å²) in [5.41, 5.74) is 6.61. The van der Waals surface area contributed by atoms with Gasteiger partial charge in [-0.15, -0.1) is 0 Å². The highest BCUT2D eigenvalue weighted by Gasteiger charge is 2.36. The number of rotatable bonds is 17. The monoisotopic (exact) mass is 658 g/mol. The summed E-state index contributed by atoms with van der Waals surface area (Å²) in [7, 11) is 0. The van der Waals surface area contributed by atoms with Gasteiger partial charge in [-0.05, 0) is 130 Å². The Morgan fingerprint density at radius 3 is 1.94 bits per heavy atom. The average Bonchev–Trinajstić information content (AvgIpc) is 3.02. The third-order valence-corrected chi connectivity index (χ3v) is 11.2. The van der Waals surface area contributed by atoms with Gasteiger partial charge >= 0.3 is 0 Å². The molecule has 2 aliphatic carbocycles. The summed E-state index contributed by atoms with van der Waals surface area (Å²) in [5.74, 6) is 4.54. The summed E-state index contributed by atoms with van der Waals surface area (Å²) in [5, 5.41) is 23.1. The SMILES string of the molecule is C=C(C)[C@@H]1CCC(C)=C[C@H]1c1c(O)cc(CCCCC)cc1OCCOc1cc(CCCCC)cc(O)c1[C@@H]1C[C@H](C)CC[C@H]1C(C)C. The summed E-state index contributed by atoms with van der Waals surface area (Å²) < 4.78 is 13.2. The van der Waals surface area contributed by atoms with Crippen LogP contribution in [0.3, 0.4) is 0 Å². The van der Waals surface area contributed by atoms with Crippen LogP contribution in [0.25, 0.3) is 0 Å². The van der Waals surface area contributed by atoms with Crippen LogP contribution in [0.1, 0.15) is 153 Å². The van der Waals surface area contributed by atoms with Gasteiger partial charge in [0.1, 0.15) is 36.2 Å². The van der Waals surface area contributed by atoms with E-state index in [9.17, 15) is 10.2 Å². The first-order chi connectivity index (χ1) is 23.0. The van der Waals surface area contributed by atoms with Gasteiger partial charge in [-0.3, -0.25) is 0 Å². The number of phenolic OH excluding ortho intramolecular Hbond substituents is 2. The summed E-state index contributed by atoms with van der Waals surface area (Å²) in [6, 6.07) is 8.30. The van der Waals surface area contributed by atoms with Gasteiger partial charge in [0.15, 0.2) is 0 Å². The lowest BCUT2D eigenvalue weighted by Gasteiger charge is -2.38. The second kappa shape index (κ2) is 18.2. The van der Waals surface area contributed by atoms with Crippen LogP contribution in [0.2, 0.25) is 0 Å². The maximum atomic E-state index is 11.6. The third-order valence-electron chi connectivity index (χ3n) is 11.2. The minimum Gasteiger partial charge on any atom is -0.508 e. The summed E-state index contributed by atoms with van der Waals surface area (Å²) in [4.78, 5) is 0. The van der Waals surface area contributed by atoms with Crippen LogP contribution in [0.5, 0.6) is 23.0 Å². The molecule has 1 saturated carbocycles. The number of benzene rings is 2. The first-order valence-corrected chi connectivity index (χ1v) is 19.3. The topological polar surface area (TPSA) is 58.9 Å². The van der Waals surface area contributed by atoms with Gasteiger partial charge in [0.25, 0.3) is 0 Å². The van der Waals surface area contributed by atoms with Crippen molar-refractivity contribution in [3.63, 3.8) is 0 Å². The van der Waals surface area contributed by atoms with Crippen LogP contribution in [0, 0.1) is 23.7 Å². The van der Waals surface area contributed by atoms with E-state index >= 15 is 0 Å². The fourth-order valence-electron chi connectivity index (χ4n) is 8.47. The van der Waals surface area contributed by atoms with Crippen molar-refractivity contribution < 1.29 is 19.7 Å². The Morgan fingerprint density at radius 1 is 0.833 bits per heavy atom. The molecule has 0 amide bonds. The Morgan fingerprint density at radius 2 is 1.40 bits per heavy atom. The molecule has 0 unspecified atom stereocenters. The number of ether oxygens (including phenoxy) is 2. The van der Waals surface area contributed by atoms with Crippen molar-refractivity contribution in [2.45, 2.75) is 144 Å². The molecule has 2 N–H and O–H groups in total. The molecular formula is C44H66O4. The van der Waals surface area contributed by atoms with Gasteiger partial charge in [0.2, 0.25) is 0 Å². The van der Waals surface area contributed by atoms with Crippen LogP contribution < -0.4 is 9.47 Å². The largest absolute Gasteiger partial charge is 0.508 e. The van der Waals surface area contributed by atoms with E-state index < -0.39 is 0 Å². The standard InChI is InChI=1S/C44H66O4/c1-9-11-13-15-33-25-39(45)43(37-23-31(7)17-19-35(37)29(3)4)41(27-33)47-21-22-48-42-28-34(16-14-12-10-2)26-40(46)44(42)38-24-32(8)18-20-36(38)30(5)6/h23,25-28,30,32,35-38,45-46H,3,9-22,24H2,1-2,4-8H3/t32-,35+,36+,37-,38-/m1/s1. The fourth-order valence-corrected chi connectivity index (χ4v) is 8.47. The van der Waals surface area contributed by atoms with E-state index in [4.69, 9.17) is 9.47 Å². The van der Waals surface area contributed by atoms with Crippen LogP contribution in [-0.2, 0) is 12.8 Å². The highest BCUT2D eigenvalue weighted by Crippen LogP contribution is 2.50. The molecular weight excluding hydrogens is 592 g/mol. The predicted molar refractivity (Wildman–Crippen MR) is 202 cm³/mol. The second-order valence-electron chi connectivity index (χ2n) is 15.6. The molecule has 2 aromatic rings. The molecule has 4 nitrogen and oxygen atoms in total. The Hall–Kier alpha value is -2.88. The average molecular weight is 659 g/mol. The summed E-state index contributed by atoms with van der Waals surface area (Å²) in [6.45, 7) is 20.8. The lowest BCUT2D eigenvalue weighted by Crippen LogP contribution is -2.27. The van der Waals surface area contributed by atoms with Gasteiger partial charge < -0.3 is 19.7 Å². The van der Waals surface area contributed by atoms with Crippen molar-refractivity contribution in [2.24, 2.45) is 23.7 Å². The summed E-state index contributed by atoms with van der Waals surface area (Å²) >= 11 is 0. The summed E-state index contributed by atoms with van der Waals surface area (Å²) in [6.07, 6.45) is 16.6. The highest BCUT2D eigenvalue weighted by atomic mass is 16.5. The molecule has 0 heterocycles. The van der Waals surface area contributed by atoms with Gasteiger partial charge in [-0.2, -0.15) is 0 Å². The fraction of sp³-hybridized carbons (Fsp3) is 0.636. The van der Waals surface area contributed by atoms with Crippen molar-refractivity contribution in [3.8, 4) is 23.0 Å². The molecule has 2 aromatic carbocycles. The molecule has 0 aliphatic heterocycles. The van der Waals surface area contributed by atoms with Crippen molar-refractivity contribution in [1.29, 1.82) is 0 Å². The van der Waals surface area contributed by atoms with Gasteiger partial charge in [-0.25, -0.2) is 0 Å². The molecule has 0 radical (unpaired) electrons. The first kappa shape index (κ1) is 37.9. The minimum atomic E-state index is 0.0291. The zero-order valence-corrected chi connectivity index (χ0v) is 31.4. The molecule has 1 fully saturated rings. The number of aromatic hydroxyl groups is 2. The smallest absolute Gasteiger partial charge is 0.127 e. The molecule has 4 heteroatoms. The normalized spacial score (nSPS) is 22.8. The number of hydrogen-bond donors (Lipinski definition) is 2. The molecule has 0 spiro atoms. The van der Waals surface area contributed by atoms with Crippen molar-refractivity contribution >= 4 is 0 Å². The molecule has 266 valence electrons. The van der Waals surface area contributed by atoms with Crippen molar-refractivity contribution in [3.05, 3.63) is 70.3 Å². The quantitative estimate of drug-likeness (QED) is 0.131. The van der Waals surface area contributed by atoms with Crippen LogP contribution >= 0.6 is 0 Å². The maximum Gasteiger partial charge on any atom is 0.127 e. The van der Waals surface area contributed by atoms with E-state index in [1.165, 1.54) is 37.7 Å². The van der Waals surface area contributed by atoms with Crippen LogP contribution in [-0.4, -0.2) is 23.4 Å². The number of hydrogen-bond acceptors (Lipinski definition) is 4. The van der Waals surface area contributed by atoms with Crippen LogP contribution in [0.4, 0.5) is 0 Å². The predicted octanol–water partition coefficient (Wildman–Crippen LogP) is 12.2. The molecule has 0 bridgehead atoms. The number of unbranched alkanes of at least 4 members (excludes halogenated alkanes) is 4. The molecule has 2 aliphatic rings. The molecule has 48 heavy (non-hydrogen) atoms. The van der Waals surface area contributed by atoms with Gasteiger partial charge in [0.05, 0.1) is 0 Å². The Balaban J connectivity index is 1.62. The number of aryl methyl sites for hydroxylation is 2. The first-order valence-electron chi connectivity index (χ1n) is 19.3. The van der Waals surface area contributed by atoms with Crippen LogP contribution in [0.15, 0.2) is 48.1 Å². The van der Waals surface area contributed by atoms with Gasteiger partial charge in [0, 0.05) is 17.0 Å². The van der Waals surface area contributed by atoms with E-state index in [-0.39, 0.29) is 17.8 Å². The Kier molecular flexibility index (Phi) is 14.4. The van der Waals surface area contributed by atoms with Gasteiger partial charge in [-0.1, -0.05) is 90.5 Å². The third kappa shape index (κ3) is 9.85. The molecule has 4 rings (SSSR count). The maximum absolute atomic E-state index is 11.6. The number of allylic oxidation sites excluding steroid dienone is 3. The van der Waals surface area contributed by atoms with Crippen molar-refractivity contribution in [2.75, 3.05) is 13.2 Å². The Bertz CT molecular complexity index is 1370. The lowest BCUT2D eigenvalue weighted by atomic mass is 9.67. The zero-order chi connectivity index (χ0) is 34.8. The van der Waals surface area contributed by atoms with E-state index in [1.807, 2.05) is 12.1 Å².